The summed E-state index contributed by atoms with van der Waals surface area (Å²) >= 11 is 0. The van der Waals surface area contributed by atoms with Crippen molar-refractivity contribution in [1.29, 1.82) is 0 Å². The Hall–Kier alpha value is -2.89. The number of para-hydroxylation sites is 1. The van der Waals surface area contributed by atoms with Crippen LogP contribution in [0.3, 0.4) is 0 Å². The summed E-state index contributed by atoms with van der Waals surface area (Å²) in [5.41, 5.74) is 0.973. The summed E-state index contributed by atoms with van der Waals surface area (Å²) in [5.74, 6) is -0.575. The quantitative estimate of drug-likeness (QED) is 0.504. The summed E-state index contributed by atoms with van der Waals surface area (Å²) in [7, 11) is 1.49. The molecule has 0 bridgehead atoms. The zero-order valence-corrected chi connectivity index (χ0v) is 10.6. The highest BCUT2D eigenvalue weighted by atomic mass is 16.5. The van der Waals surface area contributed by atoms with Crippen LogP contribution in [0.5, 0.6) is 5.75 Å². The van der Waals surface area contributed by atoms with Crippen molar-refractivity contribution in [2.24, 2.45) is 5.16 Å². The molecular formula is C14H12N2O4. The number of pyridine rings is 1. The first-order valence-corrected chi connectivity index (χ1v) is 5.72. The SMILES string of the molecule is COc1ccccc1/C(=N/O)c1cc(C(=O)O)ccn1. The van der Waals surface area contributed by atoms with Gasteiger partial charge in [-0.25, -0.2) is 4.79 Å². The lowest BCUT2D eigenvalue weighted by atomic mass is 10.0. The van der Waals surface area contributed by atoms with Gasteiger partial charge in [-0.1, -0.05) is 17.3 Å². The number of hydrogen-bond donors (Lipinski definition) is 2. The van der Waals surface area contributed by atoms with Crippen molar-refractivity contribution in [3.63, 3.8) is 0 Å². The second-order valence-electron chi connectivity index (χ2n) is 3.88. The van der Waals surface area contributed by atoms with Gasteiger partial charge in [0.15, 0.2) is 0 Å². The number of methoxy groups -OCH3 is 1. The van der Waals surface area contributed by atoms with Gasteiger partial charge in [0.25, 0.3) is 0 Å². The van der Waals surface area contributed by atoms with E-state index in [9.17, 15) is 10.0 Å². The summed E-state index contributed by atoms with van der Waals surface area (Å²) in [6.45, 7) is 0. The van der Waals surface area contributed by atoms with Gasteiger partial charge in [-0.15, -0.1) is 0 Å². The van der Waals surface area contributed by atoms with Gasteiger partial charge in [0.05, 0.1) is 18.4 Å². The van der Waals surface area contributed by atoms with Crippen LogP contribution in [0.1, 0.15) is 21.6 Å². The van der Waals surface area contributed by atoms with Crippen molar-refractivity contribution < 1.29 is 19.8 Å². The number of nitrogens with zero attached hydrogens (tertiary/aromatic N) is 2. The van der Waals surface area contributed by atoms with Crippen molar-refractivity contribution in [2.45, 2.75) is 0 Å². The first-order valence-electron chi connectivity index (χ1n) is 5.72. The van der Waals surface area contributed by atoms with Crippen LogP contribution in [0.2, 0.25) is 0 Å². The Labute approximate surface area is 115 Å². The van der Waals surface area contributed by atoms with Crippen molar-refractivity contribution in [1.82, 2.24) is 4.98 Å². The maximum Gasteiger partial charge on any atom is 0.335 e. The number of aromatic nitrogens is 1. The Bertz CT molecular complexity index is 668. The first kappa shape index (κ1) is 13.5. The van der Waals surface area contributed by atoms with Gasteiger partial charge in [-0.3, -0.25) is 4.98 Å². The van der Waals surface area contributed by atoms with Crippen LogP contribution in [-0.2, 0) is 0 Å². The van der Waals surface area contributed by atoms with E-state index >= 15 is 0 Å². The van der Waals surface area contributed by atoms with Gasteiger partial charge in [0.1, 0.15) is 11.5 Å². The first-order chi connectivity index (χ1) is 9.67. The van der Waals surface area contributed by atoms with Crippen LogP contribution in [0.4, 0.5) is 0 Å². The molecule has 6 nitrogen and oxygen atoms in total. The summed E-state index contributed by atoms with van der Waals surface area (Å²) in [5, 5.41) is 21.4. The van der Waals surface area contributed by atoms with E-state index in [1.807, 2.05) is 0 Å². The van der Waals surface area contributed by atoms with Crippen molar-refractivity contribution in [3.8, 4) is 5.75 Å². The molecule has 2 aromatic rings. The number of ether oxygens (including phenoxy) is 1. The zero-order chi connectivity index (χ0) is 14.5. The number of hydrogen-bond acceptors (Lipinski definition) is 5. The fourth-order valence-electron chi connectivity index (χ4n) is 1.78. The van der Waals surface area contributed by atoms with Crippen LogP contribution in [-0.4, -0.2) is 34.1 Å². The van der Waals surface area contributed by atoms with Crippen LogP contribution in [0, 0.1) is 0 Å². The second-order valence-corrected chi connectivity index (χ2v) is 3.88. The number of carbonyl (C=O) groups is 1. The summed E-state index contributed by atoms with van der Waals surface area (Å²) in [6.07, 6.45) is 1.35. The number of rotatable bonds is 4. The predicted molar refractivity (Wildman–Crippen MR) is 71.6 cm³/mol. The topological polar surface area (TPSA) is 92.0 Å². The molecule has 0 aliphatic rings. The van der Waals surface area contributed by atoms with Crippen LogP contribution in [0.25, 0.3) is 0 Å². The third-order valence-corrected chi connectivity index (χ3v) is 2.71. The van der Waals surface area contributed by atoms with Gasteiger partial charge in [-0.2, -0.15) is 0 Å². The Kier molecular flexibility index (Phi) is 3.95. The lowest BCUT2D eigenvalue weighted by Crippen LogP contribution is -2.09. The smallest absolute Gasteiger partial charge is 0.335 e. The molecule has 2 rings (SSSR count). The molecule has 0 aliphatic carbocycles. The molecule has 0 aliphatic heterocycles. The maximum atomic E-state index is 11.0. The largest absolute Gasteiger partial charge is 0.496 e. The molecule has 1 aromatic carbocycles. The number of carboxylic acid groups (broad SMARTS) is 1. The molecule has 102 valence electrons. The van der Waals surface area contributed by atoms with Gasteiger partial charge >= 0.3 is 5.97 Å². The molecule has 0 amide bonds. The van der Waals surface area contributed by atoms with Crippen LogP contribution in [0.15, 0.2) is 47.8 Å². The van der Waals surface area contributed by atoms with Gasteiger partial charge < -0.3 is 15.1 Å². The Balaban J connectivity index is 2.53. The molecular weight excluding hydrogens is 260 g/mol. The number of benzene rings is 1. The molecule has 0 spiro atoms. The molecule has 20 heavy (non-hydrogen) atoms. The lowest BCUT2D eigenvalue weighted by Gasteiger charge is -2.09. The summed E-state index contributed by atoms with van der Waals surface area (Å²) in [6, 6.07) is 9.64. The van der Waals surface area contributed by atoms with E-state index in [-0.39, 0.29) is 17.0 Å². The average molecular weight is 272 g/mol. The molecule has 0 fully saturated rings. The minimum Gasteiger partial charge on any atom is -0.496 e. The fourth-order valence-corrected chi connectivity index (χ4v) is 1.78. The van der Waals surface area contributed by atoms with Crippen LogP contribution < -0.4 is 4.74 Å². The number of aromatic carboxylic acids is 1. The Morgan fingerprint density at radius 3 is 2.70 bits per heavy atom. The molecule has 0 radical (unpaired) electrons. The number of oxime groups is 1. The molecule has 1 aromatic heterocycles. The van der Waals surface area contributed by atoms with E-state index in [0.29, 0.717) is 11.3 Å². The van der Waals surface area contributed by atoms with E-state index in [0.717, 1.165) is 0 Å². The van der Waals surface area contributed by atoms with Crippen molar-refractivity contribution in [2.75, 3.05) is 7.11 Å². The van der Waals surface area contributed by atoms with E-state index in [1.165, 1.54) is 25.4 Å². The van der Waals surface area contributed by atoms with E-state index in [2.05, 4.69) is 10.1 Å². The highest BCUT2D eigenvalue weighted by Crippen LogP contribution is 2.21. The molecule has 1 heterocycles. The highest BCUT2D eigenvalue weighted by molar-refractivity contribution is 6.13. The predicted octanol–water partition coefficient (Wildman–Crippen LogP) is 2.01. The lowest BCUT2D eigenvalue weighted by molar-refractivity contribution is 0.0696. The van der Waals surface area contributed by atoms with Gasteiger partial charge in [0, 0.05) is 11.8 Å². The summed E-state index contributed by atoms with van der Waals surface area (Å²) in [4.78, 5) is 15.0. The van der Waals surface area contributed by atoms with Gasteiger partial charge in [0.2, 0.25) is 0 Å². The third-order valence-electron chi connectivity index (χ3n) is 2.71. The van der Waals surface area contributed by atoms with Crippen molar-refractivity contribution in [3.05, 3.63) is 59.4 Å². The molecule has 0 atom stereocenters. The maximum absolute atomic E-state index is 11.0. The van der Waals surface area contributed by atoms with Gasteiger partial charge in [-0.05, 0) is 24.3 Å². The molecule has 0 saturated heterocycles. The Morgan fingerprint density at radius 1 is 1.30 bits per heavy atom. The summed E-state index contributed by atoms with van der Waals surface area (Å²) < 4.78 is 5.19. The molecule has 2 N–H and O–H groups in total. The zero-order valence-electron chi connectivity index (χ0n) is 10.6. The second kappa shape index (κ2) is 5.83. The Morgan fingerprint density at radius 2 is 2.05 bits per heavy atom. The third kappa shape index (κ3) is 2.59. The molecule has 0 saturated carbocycles. The molecule has 0 unspecified atom stereocenters. The minimum absolute atomic E-state index is 0.0612. The average Bonchev–Trinajstić information content (AvgIpc) is 2.49. The van der Waals surface area contributed by atoms with Crippen LogP contribution >= 0.6 is 0 Å². The highest BCUT2D eigenvalue weighted by Gasteiger charge is 2.15. The monoisotopic (exact) mass is 272 g/mol. The molecule has 6 heteroatoms. The fraction of sp³-hybridized carbons (Fsp3) is 0.0714. The standard InChI is InChI=1S/C14H12N2O4/c1-20-12-5-3-2-4-10(12)13(16-19)11-8-9(14(17)18)6-7-15-11/h2-8,19H,1H3,(H,17,18)/b16-13-. The van der Waals surface area contributed by atoms with E-state index < -0.39 is 5.97 Å². The number of carboxylic acids is 1. The van der Waals surface area contributed by atoms with E-state index in [1.54, 1.807) is 24.3 Å². The van der Waals surface area contributed by atoms with Crippen molar-refractivity contribution >= 4 is 11.7 Å². The van der Waals surface area contributed by atoms with E-state index in [4.69, 9.17) is 9.84 Å². The minimum atomic E-state index is -1.08. The normalized spacial score (nSPS) is 11.2.